The lowest BCUT2D eigenvalue weighted by molar-refractivity contribution is 0.414. The van der Waals surface area contributed by atoms with Crippen molar-refractivity contribution in [3.63, 3.8) is 0 Å². The van der Waals surface area contributed by atoms with Crippen molar-refractivity contribution < 1.29 is 4.74 Å². The molecule has 1 heterocycles. The molecule has 1 saturated heterocycles. The molecule has 0 aromatic heterocycles. The predicted octanol–water partition coefficient (Wildman–Crippen LogP) is 1.68. The van der Waals surface area contributed by atoms with E-state index in [0.717, 1.165) is 18.8 Å². The number of hydrogen-bond acceptors (Lipinski definition) is 2. The summed E-state index contributed by atoms with van der Waals surface area (Å²) in [7, 11) is 1.69. The van der Waals surface area contributed by atoms with Crippen LogP contribution in [0.4, 0.5) is 0 Å². The minimum absolute atomic E-state index is 0.918. The summed E-state index contributed by atoms with van der Waals surface area (Å²) in [5.74, 6) is 0.918. The van der Waals surface area contributed by atoms with E-state index in [0.29, 0.717) is 0 Å². The summed E-state index contributed by atoms with van der Waals surface area (Å²) in [5, 5.41) is 3.21. The minimum atomic E-state index is 0.918. The van der Waals surface area contributed by atoms with Crippen molar-refractivity contribution in [1.82, 2.24) is 5.32 Å². The van der Waals surface area contributed by atoms with Crippen molar-refractivity contribution in [3.05, 3.63) is 35.4 Å². The van der Waals surface area contributed by atoms with Gasteiger partial charge in [-0.15, -0.1) is 0 Å². The van der Waals surface area contributed by atoms with Crippen molar-refractivity contribution in [2.75, 3.05) is 20.2 Å². The maximum absolute atomic E-state index is 5.14. The fourth-order valence-electron chi connectivity index (χ4n) is 1.34. The van der Waals surface area contributed by atoms with Crippen LogP contribution in [0.15, 0.2) is 29.8 Å². The highest BCUT2D eigenvalue weighted by atomic mass is 16.5. The van der Waals surface area contributed by atoms with Gasteiger partial charge < -0.3 is 10.1 Å². The zero-order valence-corrected chi connectivity index (χ0v) is 7.71. The second-order valence-corrected chi connectivity index (χ2v) is 3.18. The highest BCUT2D eigenvalue weighted by Gasteiger charge is 2.06. The normalized spacial score (nSPS) is 15.0. The Morgan fingerprint density at radius 1 is 1.38 bits per heavy atom. The molecule has 2 nitrogen and oxygen atoms in total. The van der Waals surface area contributed by atoms with E-state index in [2.05, 4.69) is 17.5 Å². The van der Waals surface area contributed by atoms with Crippen LogP contribution < -0.4 is 10.1 Å². The monoisotopic (exact) mass is 175 g/mol. The van der Waals surface area contributed by atoms with Crippen molar-refractivity contribution in [1.29, 1.82) is 0 Å². The molecule has 0 radical (unpaired) electrons. The van der Waals surface area contributed by atoms with Gasteiger partial charge in [0, 0.05) is 13.1 Å². The van der Waals surface area contributed by atoms with Gasteiger partial charge >= 0.3 is 0 Å². The molecule has 2 rings (SSSR count). The summed E-state index contributed by atoms with van der Waals surface area (Å²) in [5.41, 5.74) is 2.67. The predicted molar refractivity (Wildman–Crippen MR) is 53.8 cm³/mol. The van der Waals surface area contributed by atoms with E-state index < -0.39 is 0 Å². The van der Waals surface area contributed by atoms with Crippen LogP contribution in [0.25, 0.3) is 6.08 Å². The van der Waals surface area contributed by atoms with E-state index in [9.17, 15) is 0 Å². The Labute approximate surface area is 78.2 Å². The van der Waals surface area contributed by atoms with Gasteiger partial charge in [-0.3, -0.25) is 0 Å². The minimum Gasteiger partial charge on any atom is -0.497 e. The largest absolute Gasteiger partial charge is 0.497 e. The lowest BCUT2D eigenvalue weighted by Gasteiger charge is -2.18. The van der Waals surface area contributed by atoms with Gasteiger partial charge in [-0.25, -0.2) is 0 Å². The molecule has 1 aromatic carbocycles. The Balaban J connectivity index is 2.19. The average molecular weight is 175 g/mol. The van der Waals surface area contributed by atoms with Crippen LogP contribution in [-0.2, 0) is 0 Å². The summed E-state index contributed by atoms with van der Waals surface area (Å²) in [6.07, 6.45) is 2.21. The second kappa shape index (κ2) is 3.62. The van der Waals surface area contributed by atoms with Gasteiger partial charge in [0.1, 0.15) is 5.75 Å². The molecule has 68 valence electrons. The van der Waals surface area contributed by atoms with Gasteiger partial charge in [-0.2, -0.15) is 0 Å². The molecular weight excluding hydrogens is 162 g/mol. The molecular formula is C11H13NO. The van der Waals surface area contributed by atoms with Gasteiger partial charge in [-0.1, -0.05) is 18.2 Å². The Morgan fingerprint density at radius 2 is 2.23 bits per heavy atom. The van der Waals surface area contributed by atoms with Crippen molar-refractivity contribution >= 4 is 6.08 Å². The smallest absolute Gasteiger partial charge is 0.119 e. The molecule has 1 N–H and O–H groups in total. The van der Waals surface area contributed by atoms with Gasteiger partial charge in [0.15, 0.2) is 0 Å². The Hall–Kier alpha value is -1.28. The average Bonchev–Trinajstić information content (AvgIpc) is 2.12. The number of benzene rings is 1. The van der Waals surface area contributed by atoms with Gasteiger partial charge in [0.25, 0.3) is 0 Å². The first kappa shape index (κ1) is 8.32. The second-order valence-electron chi connectivity index (χ2n) is 3.18. The zero-order chi connectivity index (χ0) is 9.10. The van der Waals surface area contributed by atoms with Crippen LogP contribution in [0, 0.1) is 0 Å². The Kier molecular flexibility index (Phi) is 2.32. The lowest BCUT2D eigenvalue weighted by atomic mass is 10.1. The van der Waals surface area contributed by atoms with Gasteiger partial charge in [0.05, 0.1) is 7.11 Å². The third-order valence-electron chi connectivity index (χ3n) is 2.17. The summed E-state index contributed by atoms with van der Waals surface area (Å²) in [4.78, 5) is 0. The topological polar surface area (TPSA) is 21.3 Å². The fourth-order valence-corrected chi connectivity index (χ4v) is 1.34. The number of hydrogen-bond donors (Lipinski definition) is 1. The Morgan fingerprint density at radius 3 is 2.85 bits per heavy atom. The SMILES string of the molecule is COc1cccc(C=C2CNC2)c1. The summed E-state index contributed by atoms with van der Waals surface area (Å²) in [6.45, 7) is 2.05. The molecule has 0 saturated carbocycles. The van der Waals surface area contributed by atoms with Gasteiger partial charge in [-0.05, 0) is 23.3 Å². The van der Waals surface area contributed by atoms with E-state index in [4.69, 9.17) is 4.74 Å². The number of ether oxygens (including phenoxy) is 1. The molecule has 13 heavy (non-hydrogen) atoms. The molecule has 0 amide bonds. The van der Waals surface area contributed by atoms with E-state index in [-0.39, 0.29) is 0 Å². The molecule has 1 aliphatic rings. The summed E-state index contributed by atoms with van der Waals surface area (Å²) < 4.78 is 5.14. The third-order valence-corrected chi connectivity index (χ3v) is 2.17. The maximum atomic E-state index is 5.14. The van der Waals surface area contributed by atoms with Crippen molar-refractivity contribution in [3.8, 4) is 5.75 Å². The number of nitrogens with one attached hydrogen (secondary N) is 1. The third kappa shape index (κ3) is 1.90. The van der Waals surface area contributed by atoms with Gasteiger partial charge in [0.2, 0.25) is 0 Å². The van der Waals surface area contributed by atoms with Crippen LogP contribution in [0.5, 0.6) is 5.75 Å². The molecule has 0 atom stereocenters. The maximum Gasteiger partial charge on any atom is 0.119 e. The molecule has 0 bridgehead atoms. The first-order valence-corrected chi connectivity index (χ1v) is 4.43. The highest BCUT2D eigenvalue weighted by Crippen LogP contribution is 2.16. The quantitative estimate of drug-likeness (QED) is 0.738. The molecule has 1 aliphatic heterocycles. The molecule has 1 aromatic rings. The van der Waals surface area contributed by atoms with Crippen LogP contribution in [0.2, 0.25) is 0 Å². The first-order chi connectivity index (χ1) is 6.38. The van der Waals surface area contributed by atoms with E-state index in [1.807, 2.05) is 18.2 Å². The Bertz CT molecular complexity index is 325. The van der Waals surface area contributed by atoms with E-state index in [1.54, 1.807) is 7.11 Å². The molecule has 2 heteroatoms. The number of rotatable bonds is 2. The van der Waals surface area contributed by atoms with Crippen LogP contribution in [0.1, 0.15) is 5.56 Å². The number of methoxy groups -OCH3 is 1. The standard InChI is InChI=1S/C11H13NO/c1-13-11-4-2-3-9(6-11)5-10-7-12-8-10/h2-6,12H,7-8H2,1H3. The van der Waals surface area contributed by atoms with Crippen LogP contribution in [0.3, 0.4) is 0 Å². The van der Waals surface area contributed by atoms with Crippen molar-refractivity contribution in [2.24, 2.45) is 0 Å². The summed E-state index contributed by atoms with van der Waals surface area (Å²) >= 11 is 0. The van der Waals surface area contributed by atoms with E-state index >= 15 is 0 Å². The molecule has 0 spiro atoms. The highest BCUT2D eigenvalue weighted by molar-refractivity contribution is 5.56. The zero-order valence-electron chi connectivity index (χ0n) is 7.71. The van der Waals surface area contributed by atoms with Crippen LogP contribution >= 0.6 is 0 Å². The summed E-state index contributed by atoms with van der Waals surface area (Å²) in [6, 6.07) is 8.11. The molecule has 1 fully saturated rings. The molecule has 0 unspecified atom stereocenters. The lowest BCUT2D eigenvalue weighted by Crippen LogP contribution is -2.33. The van der Waals surface area contributed by atoms with E-state index in [1.165, 1.54) is 11.1 Å². The van der Waals surface area contributed by atoms with Crippen LogP contribution in [-0.4, -0.2) is 20.2 Å². The fraction of sp³-hybridized carbons (Fsp3) is 0.273. The molecule has 0 aliphatic carbocycles. The first-order valence-electron chi connectivity index (χ1n) is 4.43. The van der Waals surface area contributed by atoms with Crippen molar-refractivity contribution in [2.45, 2.75) is 0 Å².